The largest absolute Gasteiger partial charge is 4.00 e. The second kappa shape index (κ2) is 16.1. The van der Waals surface area contributed by atoms with Gasteiger partial charge in [-0.2, -0.15) is 0 Å². The molecule has 0 bridgehead atoms. The number of hydrogen-bond acceptors (Lipinski definition) is 3. The van der Waals surface area contributed by atoms with Gasteiger partial charge in [-0.3, -0.25) is 0 Å². The van der Waals surface area contributed by atoms with Crippen LogP contribution in [-0.2, 0) is 0 Å². The fraction of sp³-hybridized carbons (Fsp3) is 0. The molecule has 0 aliphatic carbocycles. The van der Waals surface area contributed by atoms with E-state index in [0.29, 0.717) is 0 Å². The molecule has 24 valence electrons. The molecule has 0 atom stereocenters. The molecule has 6 heteroatoms. The molecule has 0 unspecified atom stereocenters. The Morgan fingerprint density at radius 3 is 1.29 bits per heavy atom. The quantitative estimate of drug-likeness (QED) is 0.344. The molecule has 3 nitrogen and oxygen atoms in total. The molecule has 0 radical (unpaired) electrons. The first kappa shape index (κ1) is 22.5. The van der Waals surface area contributed by atoms with Gasteiger partial charge in [0.25, 0.3) is 0 Å². The topological polar surface area (TPSA) is 63.2 Å². The average Bonchev–Trinajstić information content (AvgIpc) is 0.811. The Morgan fingerprint density at radius 2 is 1.29 bits per heavy atom. The molecule has 0 aliphatic rings. The van der Waals surface area contributed by atoms with Gasteiger partial charge < -0.3 is 15.0 Å². The first-order valence-electron chi connectivity index (χ1n) is 0.612. The minimum absolute atomic E-state index is 0. The fourth-order valence-corrected chi connectivity index (χ4v) is 0. The van der Waals surface area contributed by atoms with Crippen molar-refractivity contribution in [2.45, 2.75) is 0 Å². The zero-order chi connectivity index (χ0) is 3.58. The zero-order valence-electron chi connectivity index (χ0n) is 3.93. The van der Waals surface area contributed by atoms with Gasteiger partial charge in [0, 0.05) is 0 Å². The van der Waals surface area contributed by atoms with Gasteiger partial charge in [0.15, 0.2) is 0 Å². The van der Waals surface area contributed by atoms with Crippen LogP contribution in [0.3, 0.4) is 0 Å². The van der Waals surface area contributed by atoms with E-state index >= 15 is 0 Å². The van der Waals surface area contributed by atoms with Crippen LogP contribution in [0.2, 0.25) is 0 Å². The third-order valence-corrected chi connectivity index (χ3v) is 0. The Kier molecular flexibility index (Phi) is 51.6. The molecule has 0 amide bonds. The van der Waals surface area contributed by atoms with Crippen molar-refractivity contribution >= 4 is 55.0 Å². The van der Waals surface area contributed by atoms with Crippen molar-refractivity contribution in [2.24, 2.45) is 0 Å². The van der Waals surface area contributed by atoms with Crippen LogP contribution >= 0.6 is 0 Å². The fourth-order valence-electron chi connectivity index (χ4n) is 0. The Labute approximate surface area is 136 Å². The standard InChI is InChI=1S/CH2O3.Ba.Na.Th/c2-1(3)4;;;/h(H2,2,3,4);;;/q;+2;+1;+4/p-2. The summed E-state index contributed by atoms with van der Waals surface area (Å²) in [5.41, 5.74) is 0. The Morgan fingerprint density at radius 1 is 1.29 bits per heavy atom. The third kappa shape index (κ3) is 47.0. The minimum atomic E-state index is -2.33. The van der Waals surface area contributed by atoms with E-state index in [1.54, 1.807) is 0 Å². The summed E-state index contributed by atoms with van der Waals surface area (Å²) in [5, 5.41) is 16.7. The molecule has 0 spiro atoms. The molecule has 0 aromatic carbocycles. The first-order chi connectivity index (χ1) is 1.73. The van der Waals surface area contributed by atoms with E-state index < -0.39 is 6.16 Å². The Bertz CT molecular complexity index is 37.9. The summed E-state index contributed by atoms with van der Waals surface area (Å²) in [6.45, 7) is 0. The maximum absolute atomic E-state index is 8.33. The molecule has 0 aliphatic heterocycles. The van der Waals surface area contributed by atoms with Crippen molar-refractivity contribution in [3.05, 3.63) is 0 Å². The number of carbonyl (C=O) groups is 1. The van der Waals surface area contributed by atoms with Crippen LogP contribution < -0.4 is 39.8 Å². The van der Waals surface area contributed by atoms with Crippen LogP contribution in [0.25, 0.3) is 0 Å². The van der Waals surface area contributed by atoms with Gasteiger partial charge in [0.2, 0.25) is 0 Å². The van der Waals surface area contributed by atoms with Gasteiger partial charge in [-0.25, -0.2) is 0 Å². The van der Waals surface area contributed by atoms with E-state index in [2.05, 4.69) is 0 Å². The molecule has 0 fully saturated rings. The predicted octanol–water partition coefficient (Wildman–Crippen LogP) is -5.82. The molecule has 0 saturated carbocycles. The van der Waals surface area contributed by atoms with Crippen LogP contribution in [0.1, 0.15) is 0 Å². The average molecular weight is 452 g/mol. The van der Waals surface area contributed by atoms with E-state index in [1.165, 1.54) is 0 Å². The summed E-state index contributed by atoms with van der Waals surface area (Å²) in [5.74, 6) is 0. The molecule has 0 N–H and O–H groups in total. The number of carbonyl (C=O) groups excluding carboxylic acids is 1. The van der Waals surface area contributed by atoms with Gasteiger partial charge in [-0.15, -0.1) is 0 Å². The normalized spacial score (nSPS) is 3.43. The van der Waals surface area contributed by atoms with Crippen molar-refractivity contribution in [2.75, 3.05) is 0 Å². The van der Waals surface area contributed by atoms with Gasteiger partial charge in [0.1, 0.15) is 0 Å². The second-order valence-electron chi connectivity index (χ2n) is 0.250. The smallest absolute Gasteiger partial charge is 0.652 e. The predicted molar refractivity (Wildman–Crippen MR) is 11.1 cm³/mol. The zero-order valence-corrected chi connectivity index (χ0v) is 14.5. The van der Waals surface area contributed by atoms with Crippen LogP contribution in [0.5, 0.6) is 0 Å². The molecular formula is CBaNaO3Th+5. The summed E-state index contributed by atoms with van der Waals surface area (Å²) >= 11 is 0. The molecule has 7 heavy (non-hydrogen) atoms. The molecule has 0 saturated heterocycles. The SMILES string of the molecule is O=C([O-])[O-].[Ba+2].[Na+].[Th+4]. The van der Waals surface area contributed by atoms with Gasteiger partial charge in [-0.05, 0) is 6.16 Å². The van der Waals surface area contributed by atoms with Crippen molar-refractivity contribution in [1.29, 1.82) is 0 Å². The number of rotatable bonds is 0. The molecule has 0 heterocycles. The van der Waals surface area contributed by atoms with Crippen molar-refractivity contribution < 1.29 is 84.5 Å². The monoisotopic (exact) mass is 453 g/mol. The van der Waals surface area contributed by atoms with E-state index in [1.807, 2.05) is 0 Å². The van der Waals surface area contributed by atoms with E-state index in [9.17, 15) is 0 Å². The van der Waals surface area contributed by atoms with Gasteiger partial charge >= 0.3 is 118 Å². The number of hydrogen-bond donors (Lipinski definition) is 0. The minimum Gasteiger partial charge on any atom is -0.652 e. The van der Waals surface area contributed by atoms with Gasteiger partial charge in [0.05, 0.1) is 0 Å². The second-order valence-corrected chi connectivity index (χ2v) is 0.250. The summed E-state index contributed by atoms with van der Waals surface area (Å²) in [6, 6.07) is 0. The van der Waals surface area contributed by atoms with Crippen LogP contribution in [0, 0.1) is 39.9 Å². The number of carboxylic acid groups (broad SMARTS) is 2. The summed E-state index contributed by atoms with van der Waals surface area (Å²) in [7, 11) is 0. The third-order valence-electron chi connectivity index (χ3n) is 0. The van der Waals surface area contributed by atoms with Crippen LogP contribution in [-0.4, -0.2) is 55.0 Å². The first-order valence-corrected chi connectivity index (χ1v) is 0.612. The van der Waals surface area contributed by atoms with Crippen molar-refractivity contribution in [3.8, 4) is 0 Å². The van der Waals surface area contributed by atoms with Crippen molar-refractivity contribution in [1.82, 2.24) is 0 Å². The summed E-state index contributed by atoms with van der Waals surface area (Å²) in [4.78, 5) is 8.33. The molecule has 0 aromatic rings. The van der Waals surface area contributed by atoms with E-state index in [4.69, 9.17) is 15.0 Å². The summed E-state index contributed by atoms with van der Waals surface area (Å²) in [6.07, 6.45) is -2.33. The maximum Gasteiger partial charge on any atom is 4.00 e. The molecular weight excluding hydrogens is 452 g/mol. The van der Waals surface area contributed by atoms with Crippen molar-refractivity contribution in [3.63, 3.8) is 0 Å². The van der Waals surface area contributed by atoms with Gasteiger partial charge in [-0.1, -0.05) is 0 Å². The van der Waals surface area contributed by atoms with E-state index in [-0.39, 0.29) is 118 Å². The summed E-state index contributed by atoms with van der Waals surface area (Å²) < 4.78 is 0. The maximum atomic E-state index is 8.33. The molecule has 0 aromatic heterocycles. The van der Waals surface area contributed by atoms with E-state index in [0.717, 1.165) is 0 Å². The Hall–Kier alpha value is 3.17. The molecule has 0 rings (SSSR count). The van der Waals surface area contributed by atoms with Crippen LogP contribution in [0.15, 0.2) is 0 Å². The van der Waals surface area contributed by atoms with Crippen LogP contribution in [0.4, 0.5) is 4.79 Å². The Balaban J connectivity index is -0.0000000150.